The Hall–Kier alpha value is -3.11. The van der Waals surface area contributed by atoms with Gasteiger partial charge in [-0.05, 0) is 35.7 Å². The molecule has 0 fully saturated rings. The van der Waals surface area contributed by atoms with E-state index in [0.717, 1.165) is 5.56 Å². The summed E-state index contributed by atoms with van der Waals surface area (Å²) in [6, 6.07) is 10.2. The van der Waals surface area contributed by atoms with Crippen molar-refractivity contribution < 1.29 is 27.5 Å². The molecular weight excluding hydrogens is 446 g/mol. The van der Waals surface area contributed by atoms with Crippen LogP contribution in [0.1, 0.15) is 36.2 Å². The van der Waals surface area contributed by atoms with Gasteiger partial charge < -0.3 is 20.1 Å². The van der Waals surface area contributed by atoms with Crippen LogP contribution in [0, 0.1) is 5.92 Å². The third-order valence-electron chi connectivity index (χ3n) is 5.14. The lowest BCUT2D eigenvalue weighted by molar-refractivity contribution is -0.123. The summed E-state index contributed by atoms with van der Waals surface area (Å²) in [4.78, 5) is 24.7. The lowest BCUT2D eigenvalue weighted by Crippen LogP contribution is -2.49. The van der Waals surface area contributed by atoms with Crippen LogP contribution >= 0.6 is 0 Å². The molecule has 33 heavy (non-hydrogen) atoms. The second-order valence-corrected chi connectivity index (χ2v) is 9.71. The minimum atomic E-state index is -4.00. The Balaban J connectivity index is 1.71. The van der Waals surface area contributed by atoms with E-state index in [4.69, 9.17) is 9.47 Å². The summed E-state index contributed by atoms with van der Waals surface area (Å²) in [5.41, 5.74) is 1.19. The standard InChI is InChI=1S/C23H29N3O6S/c1-15(2)21(23(28)25-14-16-6-4-7-17(12-16)22(27)24-3)26-33(29,30)18-8-9-19-20(13-18)32-11-5-10-31-19/h4,6-9,12-13,15,21,26H,5,10-11,14H2,1-3H3,(H,24,27)(H,25,28). The number of hydrogen-bond acceptors (Lipinski definition) is 6. The molecule has 3 N–H and O–H groups in total. The van der Waals surface area contributed by atoms with E-state index in [2.05, 4.69) is 15.4 Å². The number of amides is 2. The van der Waals surface area contributed by atoms with E-state index < -0.39 is 22.0 Å². The maximum absolute atomic E-state index is 13.0. The molecule has 0 spiro atoms. The van der Waals surface area contributed by atoms with E-state index in [-0.39, 0.29) is 23.3 Å². The van der Waals surface area contributed by atoms with E-state index >= 15 is 0 Å². The fourth-order valence-corrected chi connectivity index (χ4v) is 4.66. The molecule has 1 aliphatic heterocycles. The Morgan fingerprint density at radius 1 is 1.03 bits per heavy atom. The van der Waals surface area contributed by atoms with Crippen molar-refractivity contribution in [1.82, 2.24) is 15.4 Å². The van der Waals surface area contributed by atoms with Crippen LogP contribution in [0.4, 0.5) is 0 Å². The third kappa shape index (κ3) is 6.23. The number of hydrogen-bond donors (Lipinski definition) is 3. The van der Waals surface area contributed by atoms with E-state index in [0.29, 0.717) is 36.7 Å². The summed E-state index contributed by atoms with van der Waals surface area (Å²) in [5.74, 6) is -0.155. The highest BCUT2D eigenvalue weighted by molar-refractivity contribution is 7.89. The Morgan fingerprint density at radius 2 is 1.76 bits per heavy atom. The van der Waals surface area contributed by atoms with Crippen LogP contribution in [0.5, 0.6) is 11.5 Å². The molecule has 0 aromatic heterocycles. The molecule has 10 heteroatoms. The quantitative estimate of drug-likeness (QED) is 0.535. The number of ether oxygens (including phenoxy) is 2. The van der Waals surface area contributed by atoms with Crippen LogP contribution in [-0.2, 0) is 21.4 Å². The predicted molar refractivity (Wildman–Crippen MR) is 123 cm³/mol. The van der Waals surface area contributed by atoms with Crippen molar-refractivity contribution in [1.29, 1.82) is 0 Å². The van der Waals surface area contributed by atoms with Gasteiger partial charge in [0, 0.05) is 31.6 Å². The van der Waals surface area contributed by atoms with Crippen molar-refractivity contribution >= 4 is 21.8 Å². The molecule has 0 aliphatic carbocycles. The minimum Gasteiger partial charge on any atom is -0.490 e. The number of carbonyl (C=O) groups excluding carboxylic acids is 2. The molecule has 0 radical (unpaired) electrons. The molecule has 1 aliphatic rings. The van der Waals surface area contributed by atoms with Crippen LogP contribution in [-0.4, -0.2) is 46.5 Å². The SMILES string of the molecule is CNC(=O)c1cccc(CNC(=O)C(NS(=O)(=O)c2ccc3c(c2)OCCCO3)C(C)C)c1. The summed E-state index contributed by atoms with van der Waals surface area (Å²) in [5, 5.41) is 5.31. The topological polar surface area (TPSA) is 123 Å². The van der Waals surface area contributed by atoms with Gasteiger partial charge in [-0.25, -0.2) is 8.42 Å². The van der Waals surface area contributed by atoms with Gasteiger partial charge in [-0.2, -0.15) is 4.72 Å². The van der Waals surface area contributed by atoms with Crippen molar-refractivity contribution in [3.8, 4) is 11.5 Å². The number of fused-ring (bicyclic) bond motifs is 1. The van der Waals surface area contributed by atoms with Crippen molar-refractivity contribution in [3.05, 3.63) is 53.6 Å². The summed E-state index contributed by atoms with van der Waals surface area (Å²) in [6.07, 6.45) is 0.705. The first-order valence-corrected chi connectivity index (χ1v) is 12.2. The van der Waals surface area contributed by atoms with Gasteiger partial charge in [0.2, 0.25) is 15.9 Å². The van der Waals surface area contributed by atoms with Gasteiger partial charge in [0.25, 0.3) is 5.91 Å². The zero-order valence-corrected chi connectivity index (χ0v) is 19.7. The van der Waals surface area contributed by atoms with E-state index in [1.54, 1.807) is 51.2 Å². The summed E-state index contributed by atoms with van der Waals surface area (Å²) >= 11 is 0. The second-order valence-electron chi connectivity index (χ2n) is 8.00. The van der Waals surface area contributed by atoms with Crippen LogP contribution < -0.4 is 24.8 Å². The first kappa shape index (κ1) is 24.5. The molecule has 2 aromatic rings. The summed E-state index contributed by atoms with van der Waals surface area (Å²) < 4.78 is 39.7. The molecule has 1 unspecified atom stereocenters. The third-order valence-corrected chi connectivity index (χ3v) is 6.58. The molecule has 0 bridgehead atoms. The zero-order valence-electron chi connectivity index (χ0n) is 18.9. The molecule has 0 saturated heterocycles. The van der Waals surface area contributed by atoms with Gasteiger partial charge in [0.1, 0.15) is 6.04 Å². The van der Waals surface area contributed by atoms with Gasteiger partial charge in [-0.3, -0.25) is 9.59 Å². The Labute approximate surface area is 193 Å². The summed E-state index contributed by atoms with van der Waals surface area (Å²) in [6.45, 7) is 4.60. The first-order valence-electron chi connectivity index (χ1n) is 10.7. The average molecular weight is 476 g/mol. The maximum Gasteiger partial charge on any atom is 0.251 e. The monoisotopic (exact) mass is 475 g/mol. The smallest absolute Gasteiger partial charge is 0.251 e. The molecule has 178 valence electrons. The van der Waals surface area contributed by atoms with E-state index in [1.807, 2.05) is 0 Å². The van der Waals surface area contributed by atoms with Crippen molar-refractivity contribution in [2.75, 3.05) is 20.3 Å². The van der Waals surface area contributed by atoms with E-state index in [9.17, 15) is 18.0 Å². The number of nitrogens with one attached hydrogen (secondary N) is 3. The fourth-order valence-electron chi connectivity index (χ4n) is 3.30. The largest absolute Gasteiger partial charge is 0.490 e. The van der Waals surface area contributed by atoms with Crippen LogP contribution in [0.2, 0.25) is 0 Å². The van der Waals surface area contributed by atoms with Gasteiger partial charge in [-0.15, -0.1) is 0 Å². The highest BCUT2D eigenvalue weighted by atomic mass is 32.2. The van der Waals surface area contributed by atoms with Crippen LogP contribution in [0.25, 0.3) is 0 Å². The van der Waals surface area contributed by atoms with Gasteiger partial charge in [0.05, 0.1) is 18.1 Å². The molecule has 1 heterocycles. The number of rotatable bonds is 8. The Kier molecular flexibility index (Phi) is 7.93. The van der Waals surface area contributed by atoms with Crippen LogP contribution in [0.3, 0.4) is 0 Å². The van der Waals surface area contributed by atoms with Crippen molar-refractivity contribution in [2.24, 2.45) is 5.92 Å². The maximum atomic E-state index is 13.0. The minimum absolute atomic E-state index is 0.0107. The van der Waals surface area contributed by atoms with Gasteiger partial charge >= 0.3 is 0 Å². The molecule has 1 atom stereocenters. The molecule has 2 amide bonds. The average Bonchev–Trinajstić information content (AvgIpc) is 3.05. The molecule has 0 saturated carbocycles. The molecular formula is C23H29N3O6S. The molecule has 9 nitrogen and oxygen atoms in total. The number of benzene rings is 2. The highest BCUT2D eigenvalue weighted by Gasteiger charge is 2.29. The number of sulfonamides is 1. The van der Waals surface area contributed by atoms with Crippen LogP contribution in [0.15, 0.2) is 47.4 Å². The normalized spacial score (nSPS) is 14.3. The zero-order chi connectivity index (χ0) is 24.0. The number of carbonyl (C=O) groups is 2. The fraction of sp³-hybridized carbons (Fsp3) is 0.391. The Morgan fingerprint density at radius 3 is 2.45 bits per heavy atom. The molecule has 2 aromatic carbocycles. The predicted octanol–water partition coefficient (Wildman–Crippen LogP) is 1.83. The lowest BCUT2D eigenvalue weighted by Gasteiger charge is -2.22. The second kappa shape index (κ2) is 10.7. The van der Waals surface area contributed by atoms with Crippen molar-refractivity contribution in [2.45, 2.75) is 37.8 Å². The highest BCUT2D eigenvalue weighted by Crippen LogP contribution is 2.32. The van der Waals surface area contributed by atoms with Gasteiger partial charge in [-0.1, -0.05) is 26.0 Å². The van der Waals surface area contributed by atoms with E-state index in [1.165, 1.54) is 12.1 Å². The van der Waals surface area contributed by atoms with Gasteiger partial charge in [0.15, 0.2) is 11.5 Å². The first-order chi connectivity index (χ1) is 15.7. The van der Waals surface area contributed by atoms with Crippen molar-refractivity contribution in [3.63, 3.8) is 0 Å². The Bertz CT molecular complexity index is 1120. The molecule has 3 rings (SSSR count). The lowest BCUT2D eigenvalue weighted by atomic mass is 10.0. The summed E-state index contributed by atoms with van der Waals surface area (Å²) in [7, 11) is -2.46.